The van der Waals surface area contributed by atoms with E-state index in [0.717, 1.165) is 49.7 Å². The van der Waals surface area contributed by atoms with Crippen molar-refractivity contribution in [1.82, 2.24) is 19.7 Å². The van der Waals surface area contributed by atoms with Crippen LogP contribution in [0.4, 0.5) is 18.9 Å². The number of halogens is 3. The highest BCUT2D eigenvalue weighted by Crippen LogP contribution is 2.42. The fourth-order valence-electron chi connectivity index (χ4n) is 3.61. The molecule has 29 heavy (non-hydrogen) atoms. The van der Waals surface area contributed by atoms with Crippen LogP contribution >= 0.6 is 11.3 Å². The standard InChI is InChI=1S/C15H19N5OS.C2HF3O2/c1-18-9-12(8-17-18)20-6-3-15(14(20)21)2-5-19(11-15)10-13-16-4-7-22-13;3-2(4,5)1(6)7/h4,7-9H,2-3,5-6,10-11H2,1H3;(H,6,7). The summed E-state index contributed by atoms with van der Waals surface area (Å²) < 4.78 is 33.5. The van der Waals surface area contributed by atoms with E-state index in [1.165, 1.54) is 0 Å². The van der Waals surface area contributed by atoms with Crippen molar-refractivity contribution in [3.8, 4) is 0 Å². The van der Waals surface area contributed by atoms with Crippen molar-refractivity contribution in [1.29, 1.82) is 0 Å². The molecule has 1 amide bonds. The molecule has 2 fully saturated rings. The SMILES string of the molecule is Cn1cc(N2CCC3(CCN(Cc4nccs4)C3)C2=O)cn1.O=C(O)C(F)(F)F. The predicted octanol–water partition coefficient (Wildman–Crippen LogP) is 2.14. The molecule has 2 aromatic heterocycles. The van der Waals surface area contributed by atoms with Gasteiger partial charge in [-0.05, 0) is 19.4 Å². The van der Waals surface area contributed by atoms with Gasteiger partial charge >= 0.3 is 12.1 Å². The number of carbonyl (C=O) groups excluding carboxylic acids is 1. The lowest BCUT2D eigenvalue weighted by atomic mass is 9.85. The Labute approximate surface area is 168 Å². The number of hydrogen-bond acceptors (Lipinski definition) is 6. The number of aromatic nitrogens is 3. The smallest absolute Gasteiger partial charge is 0.475 e. The molecule has 0 saturated carbocycles. The van der Waals surface area contributed by atoms with Crippen molar-refractivity contribution in [3.63, 3.8) is 0 Å². The van der Waals surface area contributed by atoms with Crippen LogP contribution in [-0.2, 0) is 23.2 Å². The van der Waals surface area contributed by atoms with E-state index in [-0.39, 0.29) is 11.3 Å². The molecule has 4 heterocycles. The Morgan fingerprint density at radius 3 is 2.59 bits per heavy atom. The first kappa shape index (κ1) is 21.2. The summed E-state index contributed by atoms with van der Waals surface area (Å²) in [4.78, 5) is 30.4. The molecule has 1 spiro atoms. The maximum atomic E-state index is 12.9. The van der Waals surface area contributed by atoms with Gasteiger partial charge in [0.15, 0.2) is 0 Å². The van der Waals surface area contributed by atoms with Crippen molar-refractivity contribution < 1.29 is 27.9 Å². The number of carboxylic acids is 1. The van der Waals surface area contributed by atoms with Crippen molar-refractivity contribution in [2.45, 2.75) is 25.6 Å². The molecule has 0 bridgehead atoms. The second-order valence-electron chi connectivity index (χ2n) is 7.05. The Hall–Kier alpha value is -2.47. The normalized spacial score (nSPS) is 22.2. The summed E-state index contributed by atoms with van der Waals surface area (Å²) in [5, 5.41) is 14.4. The number of carbonyl (C=O) groups is 2. The van der Waals surface area contributed by atoms with E-state index in [4.69, 9.17) is 9.90 Å². The molecule has 1 N–H and O–H groups in total. The average molecular weight is 431 g/mol. The summed E-state index contributed by atoms with van der Waals surface area (Å²) in [5.74, 6) is -2.49. The summed E-state index contributed by atoms with van der Waals surface area (Å²) >= 11 is 1.68. The molecule has 8 nitrogen and oxygen atoms in total. The largest absolute Gasteiger partial charge is 0.490 e. The van der Waals surface area contributed by atoms with Crippen LogP contribution in [0, 0.1) is 5.41 Å². The number of anilines is 1. The molecule has 4 rings (SSSR count). The van der Waals surface area contributed by atoms with Gasteiger partial charge in [0, 0.05) is 37.9 Å². The first-order chi connectivity index (χ1) is 13.6. The van der Waals surface area contributed by atoms with Gasteiger partial charge in [0.1, 0.15) is 5.01 Å². The maximum Gasteiger partial charge on any atom is 0.490 e. The minimum Gasteiger partial charge on any atom is -0.475 e. The predicted molar refractivity (Wildman–Crippen MR) is 98.3 cm³/mol. The summed E-state index contributed by atoms with van der Waals surface area (Å²) in [6, 6.07) is 0. The van der Waals surface area contributed by atoms with E-state index < -0.39 is 12.1 Å². The zero-order valence-electron chi connectivity index (χ0n) is 15.6. The van der Waals surface area contributed by atoms with Gasteiger partial charge in [-0.1, -0.05) is 0 Å². The summed E-state index contributed by atoms with van der Waals surface area (Å²) in [5.41, 5.74) is 0.718. The zero-order chi connectivity index (χ0) is 21.2. The summed E-state index contributed by atoms with van der Waals surface area (Å²) in [7, 11) is 1.88. The molecule has 2 aliphatic heterocycles. The number of likely N-dealkylation sites (tertiary alicyclic amines) is 1. The average Bonchev–Trinajstić information content (AvgIpc) is 3.41. The van der Waals surface area contributed by atoms with Crippen LogP contribution in [0.1, 0.15) is 17.8 Å². The van der Waals surface area contributed by atoms with Crippen LogP contribution in [-0.4, -0.2) is 62.5 Å². The van der Waals surface area contributed by atoms with Crippen molar-refractivity contribution in [3.05, 3.63) is 29.0 Å². The highest BCUT2D eigenvalue weighted by molar-refractivity contribution is 7.09. The number of aryl methyl sites for hydroxylation is 1. The Kier molecular flexibility index (Phi) is 5.94. The first-order valence-corrected chi connectivity index (χ1v) is 9.70. The number of nitrogens with zero attached hydrogens (tertiary/aromatic N) is 5. The quantitative estimate of drug-likeness (QED) is 0.801. The molecule has 12 heteroatoms. The monoisotopic (exact) mass is 431 g/mol. The summed E-state index contributed by atoms with van der Waals surface area (Å²) in [6.45, 7) is 3.49. The number of rotatable bonds is 3. The van der Waals surface area contributed by atoms with E-state index in [1.54, 1.807) is 22.2 Å². The lowest BCUT2D eigenvalue weighted by Crippen LogP contribution is -2.36. The van der Waals surface area contributed by atoms with E-state index in [9.17, 15) is 18.0 Å². The minimum absolute atomic E-state index is 0.201. The number of alkyl halides is 3. The van der Waals surface area contributed by atoms with Crippen molar-refractivity contribution in [2.24, 2.45) is 12.5 Å². The van der Waals surface area contributed by atoms with Gasteiger partial charge in [-0.3, -0.25) is 14.4 Å². The number of aliphatic carboxylic acids is 1. The molecule has 2 aliphatic rings. The van der Waals surface area contributed by atoms with Gasteiger partial charge in [0.05, 0.1) is 23.8 Å². The lowest BCUT2D eigenvalue weighted by Gasteiger charge is -2.22. The Balaban J connectivity index is 0.000000298. The molecular weight excluding hydrogens is 411 g/mol. The second kappa shape index (κ2) is 8.11. The Bertz CT molecular complexity index is 870. The Morgan fingerprint density at radius 2 is 2.03 bits per heavy atom. The van der Waals surface area contributed by atoms with Crippen molar-refractivity contribution >= 4 is 28.9 Å². The van der Waals surface area contributed by atoms with E-state index in [1.807, 2.05) is 29.7 Å². The minimum atomic E-state index is -5.08. The molecule has 1 atom stereocenters. The third-order valence-corrected chi connectivity index (χ3v) is 5.80. The van der Waals surface area contributed by atoms with Crippen LogP contribution in [0.2, 0.25) is 0 Å². The maximum absolute atomic E-state index is 12.9. The second-order valence-corrected chi connectivity index (χ2v) is 8.03. The van der Waals surface area contributed by atoms with E-state index in [0.29, 0.717) is 0 Å². The fourth-order valence-corrected chi connectivity index (χ4v) is 4.27. The van der Waals surface area contributed by atoms with Gasteiger partial charge in [-0.15, -0.1) is 11.3 Å². The Morgan fingerprint density at radius 1 is 1.34 bits per heavy atom. The van der Waals surface area contributed by atoms with Crippen LogP contribution < -0.4 is 4.90 Å². The zero-order valence-corrected chi connectivity index (χ0v) is 16.4. The number of carboxylic acid groups (broad SMARTS) is 1. The molecule has 0 radical (unpaired) electrons. The molecule has 2 saturated heterocycles. The topological polar surface area (TPSA) is 91.6 Å². The lowest BCUT2D eigenvalue weighted by molar-refractivity contribution is -0.192. The molecule has 158 valence electrons. The molecule has 1 unspecified atom stereocenters. The first-order valence-electron chi connectivity index (χ1n) is 8.82. The fraction of sp³-hybridized carbons (Fsp3) is 0.529. The van der Waals surface area contributed by atoms with Crippen molar-refractivity contribution in [2.75, 3.05) is 24.5 Å². The number of thiazole rings is 1. The molecule has 0 aromatic carbocycles. The molecule has 0 aliphatic carbocycles. The van der Waals surface area contributed by atoms with Gasteiger partial charge in [0.2, 0.25) is 5.91 Å². The third-order valence-electron chi connectivity index (χ3n) is 5.03. The highest BCUT2D eigenvalue weighted by atomic mass is 32.1. The number of hydrogen-bond donors (Lipinski definition) is 1. The molecular formula is C17H20F3N5O3S. The third kappa shape index (κ3) is 4.75. The van der Waals surface area contributed by atoms with Gasteiger partial charge in [0.25, 0.3) is 0 Å². The summed E-state index contributed by atoms with van der Waals surface area (Å²) in [6.07, 6.45) is 2.35. The van der Waals surface area contributed by atoms with E-state index >= 15 is 0 Å². The van der Waals surface area contributed by atoms with Crippen LogP contribution in [0.5, 0.6) is 0 Å². The highest BCUT2D eigenvalue weighted by Gasteiger charge is 2.51. The van der Waals surface area contributed by atoms with Crippen LogP contribution in [0.15, 0.2) is 24.0 Å². The molecule has 2 aromatic rings. The van der Waals surface area contributed by atoms with Gasteiger partial charge in [-0.2, -0.15) is 18.3 Å². The van der Waals surface area contributed by atoms with Gasteiger partial charge in [-0.25, -0.2) is 9.78 Å². The van der Waals surface area contributed by atoms with Crippen LogP contribution in [0.3, 0.4) is 0 Å². The van der Waals surface area contributed by atoms with Gasteiger partial charge < -0.3 is 10.0 Å². The number of amides is 1. The van der Waals surface area contributed by atoms with Crippen LogP contribution in [0.25, 0.3) is 0 Å². The van der Waals surface area contributed by atoms with E-state index in [2.05, 4.69) is 15.0 Å².